The largest absolute Gasteiger partial charge is 0.466 e. The van der Waals surface area contributed by atoms with Crippen molar-refractivity contribution in [2.45, 2.75) is 25.7 Å². The van der Waals surface area contributed by atoms with Crippen LogP contribution in [-0.4, -0.2) is 18.4 Å². The highest BCUT2D eigenvalue weighted by Gasteiger charge is 2.24. The summed E-state index contributed by atoms with van der Waals surface area (Å²) in [5, 5.41) is 0. The van der Waals surface area contributed by atoms with Crippen molar-refractivity contribution < 1.29 is 14.3 Å². The lowest BCUT2D eigenvalue weighted by molar-refractivity contribution is -0.144. The molecule has 2 rings (SSSR count). The van der Waals surface area contributed by atoms with Crippen LogP contribution < -0.4 is 0 Å². The molecule has 0 saturated heterocycles. The van der Waals surface area contributed by atoms with Gasteiger partial charge in [0.25, 0.3) is 0 Å². The van der Waals surface area contributed by atoms with E-state index in [1.807, 2.05) is 60.7 Å². The van der Waals surface area contributed by atoms with Crippen LogP contribution in [0.4, 0.5) is 0 Å². The van der Waals surface area contributed by atoms with Gasteiger partial charge in [0.2, 0.25) is 0 Å². The maximum atomic E-state index is 12.6. The molecule has 0 amide bonds. The Morgan fingerprint density at radius 1 is 0.955 bits per heavy atom. The molecule has 0 heterocycles. The van der Waals surface area contributed by atoms with E-state index in [1.54, 1.807) is 6.92 Å². The summed E-state index contributed by atoms with van der Waals surface area (Å²) in [5.41, 5.74) is 1.81. The second kappa shape index (κ2) is 8.13. The number of rotatable bonds is 7. The van der Waals surface area contributed by atoms with Gasteiger partial charge in [-0.15, -0.1) is 0 Å². The predicted molar refractivity (Wildman–Crippen MR) is 85.6 cm³/mol. The van der Waals surface area contributed by atoms with E-state index in [9.17, 15) is 9.59 Å². The molecule has 0 fully saturated rings. The first-order chi connectivity index (χ1) is 10.7. The summed E-state index contributed by atoms with van der Waals surface area (Å²) >= 11 is 0. The fraction of sp³-hybridized carbons (Fsp3) is 0.263. The third kappa shape index (κ3) is 4.55. The quantitative estimate of drug-likeness (QED) is 0.734. The summed E-state index contributed by atoms with van der Waals surface area (Å²) in [6, 6.07) is 19.0. The number of benzene rings is 2. The van der Waals surface area contributed by atoms with Gasteiger partial charge < -0.3 is 4.74 Å². The van der Waals surface area contributed by atoms with Crippen molar-refractivity contribution in [3.8, 4) is 0 Å². The number of carbonyl (C=O) groups is 2. The van der Waals surface area contributed by atoms with Gasteiger partial charge in [0.1, 0.15) is 5.78 Å². The first-order valence-corrected chi connectivity index (χ1v) is 7.48. The molecule has 2 aromatic carbocycles. The van der Waals surface area contributed by atoms with Crippen molar-refractivity contribution in [2.75, 3.05) is 6.61 Å². The normalized spacial score (nSPS) is 11.7. The number of ether oxygens (including phenoxy) is 1. The summed E-state index contributed by atoms with van der Waals surface area (Å²) in [6.45, 7) is 2.09. The third-order valence-corrected chi connectivity index (χ3v) is 3.49. The molecule has 3 nitrogen and oxygen atoms in total. The highest BCUT2D eigenvalue weighted by atomic mass is 16.5. The number of hydrogen-bond acceptors (Lipinski definition) is 3. The molecule has 3 heteroatoms. The number of ketones is 1. The molecule has 114 valence electrons. The maximum absolute atomic E-state index is 12.6. The molecule has 1 unspecified atom stereocenters. The first kappa shape index (κ1) is 16.0. The van der Waals surface area contributed by atoms with Gasteiger partial charge in [-0.2, -0.15) is 0 Å². The zero-order valence-electron chi connectivity index (χ0n) is 12.7. The fourth-order valence-electron chi connectivity index (χ4n) is 2.41. The number of carbonyl (C=O) groups excluding carboxylic acids is 2. The summed E-state index contributed by atoms with van der Waals surface area (Å²) in [4.78, 5) is 24.5. The smallest absolute Gasteiger partial charge is 0.306 e. The molecule has 0 aliphatic rings. The molecule has 0 saturated carbocycles. The molecule has 0 aliphatic carbocycles. The van der Waals surface area contributed by atoms with Crippen LogP contribution in [0.15, 0.2) is 60.7 Å². The van der Waals surface area contributed by atoms with Gasteiger partial charge in [-0.05, 0) is 18.1 Å². The lowest BCUT2D eigenvalue weighted by Gasteiger charge is -2.15. The first-order valence-electron chi connectivity index (χ1n) is 7.48. The maximum Gasteiger partial charge on any atom is 0.306 e. The highest BCUT2D eigenvalue weighted by molar-refractivity contribution is 5.91. The topological polar surface area (TPSA) is 43.4 Å². The van der Waals surface area contributed by atoms with Crippen molar-refractivity contribution in [1.82, 2.24) is 0 Å². The zero-order valence-corrected chi connectivity index (χ0v) is 12.7. The van der Waals surface area contributed by atoms with Gasteiger partial charge in [-0.3, -0.25) is 9.59 Å². The van der Waals surface area contributed by atoms with E-state index >= 15 is 0 Å². The van der Waals surface area contributed by atoms with Gasteiger partial charge in [0.15, 0.2) is 0 Å². The molecule has 0 radical (unpaired) electrons. The van der Waals surface area contributed by atoms with E-state index in [1.165, 1.54) is 0 Å². The van der Waals surface area contributed by atoms with Crippen LogP contribution in [0.3, 0.4) is 0 Å². The zero-order chi connectivity index (χ0) is 15.8. The molecule has 0 spiro atoms. The Hall–Kier alpha value is -2.42. The molecule has 0 N–H and O–H groups in total. The minimum atomic E-state index is -0.458. The van der Waals surface area contributed by atoms with Gasteiger partial charge >= 0.3 is 5.97 Å². The van der Waals surface area contributed by atoms with Gasteiger partial charge in [0, 0.05) is 6.42 Å². The van der Waals surface area contributed by atoms with E-state index < -0.39 is 5.92 Å². The molecular weight excluding hydrogens is 276 g/mol. The van der Waals surface area contributed by atoms with Crippen molar-refractivity contribution in [3.05, 3.63) is 71.8 Å². The SMILES string of the molecule is CCOC(=O)CC(C(=O)Cc1ccccc1)c1ccccc1. The van der Waals surface area contributed by atoms with E-state index in [0.717, 1.165) is 11.1 Å². The van der Waals surface area contributed by atoms with E-state index in [0.29, 0.717) is 13.0 Å². The summed E-state index contributed by atoms with van der Waals surface area (Å²) in [5.74, 6) is -0.760. The molecule has 1 atom stereocenters. The minimum absolute atomic E-state index is 0.0328. The average Bonchev–Trinajstić information content (AvgIpc) is 2.54. The summed E-state index contributed by atoms with van der Waals surface area (Å²) in [6.07, 6.45) is 0.406. The summed E-state index contributed by atoms with van der Waals surface area (Å²) in [7, 11) is 0. The lowest BCUT2D eigenvalue weighted by atomic mass is 9.88. The molecule has 0 bridgehead atoms. The van der Waals surface area contributed by atoms with Crippen LogP contribution in [-0.2, 0) is 20.7 Å². The third-order valence-electron chi connectivity index (χ3n) is 3.49. The number of esters is 1. The standard InChI is InChI=1S/C19H20O3/c1-2-22-19(21)14-17(16-11-7-4-8-12-16)18(20)13-15-9-5-3-6-10-15/h3-12,17H,2,13-14H2,1H3. The summed E-state index contributed by atoms with van der Waals surface area (Å²) < 4.78 is 5.00. The molecule has 22 heavy (non-hydrogen) atoms. The Kier molecular flexibility index (Phi) is 5.90. The number of hydrogen-bond donors (Lipinski definition) is 0. The van der Waals surface area contributed by atoms with Gasteiger partial charge in [0.05, 0.1) is 18.9 Å². The predicted octanol–water partition coefficient (Wildman–Crippen LogP) is 3.54. The van der Waals surface area contributed by atoms with Crippen molar-refractivity contribution in [3.63, 3.8) is 0 Å². The van der Waals surface area contributed by atoms with Gasteiger partial charge in [-0.1, -0.05) is 60.7 Å². The van der Waals surface area contributed by atoms with Crippen LogP contribution in [0.25, 0.3) is 0 Å². The highest BCUT2D eigenvalue weighted by Crippen LogP contribution is 2.23. The fourth-order valence-corrected chi connectivity index (χ4v) is 2.41. The Balaban J connectivity index is 2.16. The molecule has 0 aromatic heterocycles. The van der Waals surface area contributed by atoms with Crippen LogP contribution in [0.2, 0.25) is 0 Å². The second-order valence-corrected chi connectivity index (χ2v) is 5.10. The Labute approximate surface area is 130 Å². The molecule has 0 aliphatic heterocycles. The lowest BCUT2D eigenvalue weighted by Crippen LogP contribution is -2.20. The van der Waals surface area contributed by atoms with Crippen LogP contribution >= 0.6 is 0 Å². The Bertz CT molecular complexity index is 605. The van der Waals surface area contributed by atoms with Gasteiger partial charge in [-0.25, -0.2) is 0 Å². The Morgan fingerprint density at radius 3 is 2.14 bits per heavy atom. The molecular formula is C19H20O3. The van der Waals surface area contributed by atoms with E-state index in [4.69, 9.17) is 4.74 Å². The number of Topliss-reactive ketones (excluding diaryl/α,β-unsaturated/α-hetero) is 1. The van der Waals surface area contributed by atoms with E-state index in [-0.39, 0.29) is 18.2 Å². The minimum Gasteiger partial charge on any atom is -0.466 e. The van der Waals surface area contributed by atoms with Crippen LogP contribution in [0, 0.1) is 0 Å². The average molecular weight is 296 g/mol. The van der Waals surface area contributed by atoms with Crippen molar-refractivity contribution in [1.29, 1.82) is 0 Å². The van der Waals surface area contributed by atoms with E-state index in [2.05, 4.69) is 0 Å². The Morgan fingerprint density at radius 2 is 1.55 bits per heavy atom. The monoisotopic (exact) mass is 296 g/mol. The van der Waals surface area contributed by atoms with Crippen molar-refractivity contribution in [2.24, 2.45) is 0 Å². The van der Waals surface area contributed by atoms with Crippen LogP contribution in [0.5, 0.6) is 0 Å². The van der Waals surface area contributed by atoms with Crippen LogP contribution in [0.1, 0.15) is 30.4 Å². The second-order valence-electron chi connectivity index (χ2n) is 5.10. The van der Waals surface area contributed by atoms with Crippen molar-refractivity contribution >= 4 is 11.8 Å². The molecule has 2 aromatic rings.